The minimum Gasteiger partial charge on any atom is -0.481 e. The molecule has 0 fully saturated rings. The number of carbonyl (C=O) groups excluding carboxylic acids is 1. The van der Waals surface area contributed by atoms with Gasteiger partial charge >= 0.3 is 5.97 Å². The lowest BCUT2D eigenvalue weighted by Gasteiger charge is -2.31. The van der Waals surface area contributed by atoms with Crippen LogP contribution in [-0.4, -0.2) is 47.8 Å². The number of aliphatic carboxylic acids is 1. The van der Waals surface area contributed by atoms with Crippen LogP contribution in [0.3, 0.4) is 0 Å². The van der Waals surface area contributed by atoms with Crippen molar-refractivity contribution < 1.29 is 19.4 Å². The molecule has 2 rings (SSSR count). The van der Waals surface area contributed by atoms with Crippen molar-refractivity contribution in [3.63, 3.8) is 0 Å². The maximum atomic E-state index is 12.3. The zero-order valence-corrected chi connectivity index (χ0v) is 19.1. The summed E-state index contributed by atoms with van der Waals surface area (Å²) in [7, 11) is 0. The van der Waals surface area contributed by atoms with E-state index in [4.69, 9.17) is 37.8 Å². The van der Waals surface area contributed by atoms with Gasteiger partial charge in [0.1, 0.15) is 12.8 Å². The van der Waals surface area contributed by atoms with E-state index in [0.717, 1.165) is 25.6 Å². The Labute approximate surface area is 187 Å². The Morgan fingerprint density at radius 1 is 1.10 bits per heavy atom. The number of aryl methyl sites for hydroxylation is 1. The first kappa shape index (κ1) is 25.8. The molecule has 30 heavy (non-hydrogen) atoms. The first-order chi connectivity index (χ1) is 14.2. The quantitative estimate of drug-likeness (QED) is 0.414. The standard InChI is InChI=1S/C20H24Cl2N2O2.C2H4O2/c1-4-24(5-2)17(13-26-20(25)15-9-7-6-8-10-15)23-19-16(21)12-11-14(3)18(19)22;1-2(3)4/h6-12,17,23H,4-5,13H2,1-3H3;1H3,(H,3,4). The molecule has 2 aromatic rings. The number of carbonyl (C=O) groups is 2. The third-order valence-corrected chi connectivity index (χ3v) is 5.03. The van der Waals surface area contributed by atoms with Gasteiger partial charge in [-0.05, 0) is 43.8 Å². The number of nitrogens with zero attached hydrogens (tertiary/aromatic N) is 1. The molecule has 2 N–H and O–H groups in total. The lowest BCUT2D eigenvalue weighted by Crippen LogP contribution is -2.44. The Kier molecular flexibility index (Phi) is 11.3. The summed E-state index contributed by atoms with van der Waals surface area (Å²) in [5, 5.41) is 11.9. The maximum absolute atomic E-state index is 12.3. The van der Waals surface area contributed by atoms with Crippen molar-refractivity contribution in [3.05, 3.63) is 63.6 Å². The van der Waals surface area contributed by atoms with Gasteiger partial charge in [-0.3, -0.25) is 9.69 Å². The van der Waals surface area contributed by atoms with E-state index < -0.39 is 5.97 Å². The molecular formula is C22H28Cl2N2O4. The van der Waals surface area contributed by atoms with Gasteiger partial charge in [0.2, 0.25) is 0 Å². The SMILES string of the molecule is CC(=O)O.CCN(CC)C(COC(=O)c1ccccc1)Nc1c(Cl)ccc(C)c1Cl. The molecule has 0 radical (unpaired) electrons. The molecule has 0 aliphatic heterocycles. The van der Waals surface area contributed by atoms with Crippen LogP contribution in [0.25, 0.3) is 0 Å². The predicted octanol–water partition coefficient (Wildman–Crippen LogP) is 5.33. The Hall–Kier alpha value is -2.28. The second kappa shape index (κ2) is 13.1. The highest BCUT2D eigenvalue weighted by atomic mass is 35.5. The molecule has 0 bridgehead atoms. The van der Waals surface area contributed by atoms with Crippen molar-refractivity contribution in [1.29, 1.82) is 0 Å². The van der Waals surface area contributed by atoms with Crippen molar-refractivity contribution in [2.24, 2.45) is 0 Å². The number of hydrogen-bond donors (Lipinski definition) is 2. The Morgan fingerprint density at radius 2 is 1.67 bits per heavy atom. The molecule has 2 aromatic carbocycles. The van der Waals surface area contributed by atoms with Gasteiger partial charge in [0.05, 0.1) is 21.3 Å². The first-order valence-electron chi connectivity index (χ1n) is 9.58. The molecule has 1 unspecified atom stereocenters. The maximum Gasteiger partial charge on any atom is 0.338 e. The average molecular weight is 455 g/mol. The van der Waals surface area contributed by atoms with Crippen LogP contribution in [0, 0.1) is 6.92 Å². The molecule has 0 spiro atoms. The molecule has 0 saturated carbocycles. The summed E-state index contributed by atoms with van der Waals surface area (Å²) in [5.74, 6) is -1.19. The zero-order chi connectivity index (χ0) is 22.7. The highest BCUT2D eigenvalue weighted by molar-refractivity contribution is 6.39. The van der Waals surface area contributed by atoms with E-state index in [1.165, 1.54) is 0 Å². The molecule has 0 aromatic heterocycles. The number of esters is 1. The molecular weight excluding hydrogens is 427 g/mol. The number of benzene rings is 2. The number of hydrogen-bond acceptors (Lipinski definition) is 5. The summed E-state index contributed by atoms with van der Waals surface area (Å²) in [6.45, 7) is 8.87. The summed E-state index contributed by atoms with van der Waals surface area (Å²) in [4.78, 5) is 23.4. The fourth-order valence-corrected chi connectivity index (χ4v) is 3.15. The molecule has 0 heterocycles. The van der Waals surface area contributed by atoms with Gasteiger partial charge in [0, 0.05) is 6.92 Å². The monoisotopic (exact) mass is 454 g/mol. The molecule has 0 saturated heterocycles. The number of rotatable bonds is 8. The fraction of sp³-hybridized carbons (Fsp3) is 0.364. The number of nitrogens with one attached hydrogen (secondary N) is 1. The van der Waals surface area contributed by atoms with E-state index in [1.54, 1.807) is 18.2 Å². The predicted molar refractivity (Wildman–Crippen MR) is 122 cm³/mol. The second-order valence-corrected chi connectivity index (χ2v) is 7.20. The van der Waals surface area contributed by atoms with Crippen LogP contribution >= 0.6 is 23.2 Å². The number of carboxylic acid groups (broad SMARTS) is 1. The van der Waals surface area contributed by atoms with Gasteiger partial charge in [-0.15, -0.1) is 0 Å². The van der Waals surface area contributed by atoms with Crippen molar-refractivity contribution in [1.82, 2.24) is 4.90 Å². The van der Waals surface area contributed by atoms with Crippen molar-refractivity contribution in [2.75, 3.05) is 25.0 Å². The van der Waals surface area contributed by atoms with Crippen LogP contribution in [0.4, 0.5) is 5.69 Å². The average Bonchev–Trinajstić information content (AvgIpc) is 2.72. The Bertz CT molecular complexity index is 823. The van der Waals surface area contributed by atoms with E-state index in [9.17, 15) is 4.79 Å². The fourth-order valence-electron chi connectivity index (χ4n) is 2.67. The van der Waals surface area contributed by atoms with Crippen LogP contribution in [0.2, 0.25) is 10.0 Å². The number of ether oxygens (including phenoxy) is 1. The van der Waals surface area contributed by atoms with Crippen LogP contribution in [0.15, 0.2) is 42.5 Å². The van der Waals surface area contributed by atoms with Crippen LogP contribution < -0.4 is 5.32 Å². The third kappa shape index (κ3) is 8.22. The normalized spacial score (nSPS) is 11.3. The Morgan fingerprint density at radius 3 is 2.20 bits per heavy atom. The van der Waals surface area contributed by atoms with Gasteiger partial charge in [0.15, 0.2) is 0 Å². The zero-order valence-electron chi connectivity index (χ0n) is 17.6. The number of likely N-dealkylation sites (N-methyl/N-ethyl adjacent to an activating group) is 1. The summed E-state index contributed by atoms with van der Waals surface area (Å²) in [6.07, 6.45) is -0.241. The van der Waals surface area contributed by atoms with E-state index in [1.807, 2.05) is 31.2 Å². The smallest absolute Gasteiger partial charge is 0.338 e. The first-order valence-corrected chi connectivity index (χ1v) is 10.3. The summed E-state index contributed by atoms with van der Waals surface area (Å²) in [6, 6.07) is 12.6. The van der Waals surface area contributed by atoms with Crippen LogP contribution in [0.1, 0.15) is 36.7 Å². The summed E-state index contributed by atoms with van der Waals surface area (Å²) >= 11 is 12.7. The molecule has 0 amide bonds. The van der Waals surface area contributed by atoms with Gasteiger partial charge in [-0.2, -0.15) is 0 Å². The van der Waals surface area contributed by atoms with Crippen molar-refractivity contribution in [2.45, 2.75) is 33.9 Å². The topological polar surface area (TPSA) is 78.9 Å². The van der Waals surface area contributed by atoms with Gasteiger partial charge < -0.3 is 15.2 Å². The van der Waals surface area contributed by atoms with E-state index in [-0.39, 0.29) is 18.7 Å². The van der Waals surface area contributed by atoms with E-state index in [2.05, 4.69) is 24.1 Å². The number of carboxylic acids is 1. The summed E-state index contributed by atoms with van der Waals surface area (Å²) in [5.41, 5.74) is 2.11. The van der Waals surface area contributed by atoms with Gasteiger partial charge in [-0.25, -0.2) is 4.79 Å². The van der Waals surface area contributed by atoms with E-state index in [0.29, 0.717) is 21.3 Å². The molecule has 1 atom stereocenters. The molecule has 0 aliphatic rings. The highest BCUT2D eigenvalue weighted by Gasteiger charge is 2.21. The third-order valence-electron chi connectivity index (χ3n) is 4.23. The molecule has 0 aliphatic carbocycles. The van der Waals surface area contributed by atoms with Crippen molar-refractivity contribution >= 4 is 40.8 Å². The minimum absolute atomic E-state index is 0.177. The largest absolute Gasteiger partial charge is 0.481 e. The lowest BCUT2D eigenvalue weighted by atomic mass is 10.2. The number of anilines is 1. The molecule has 164 valence electrons. The second-order valence-electron chi connectivity index (χ2n) is 6.42. The van der Waals surface area contributed by atoms with E-state index >= 15 is 0 Å². The van der Waals surface area contributed by atoms with Crippen molar-refractivity contribution in [3.8, 4) is 0 Å². The van der Waals surface area contributed by atoms with Crippen LogP contribution in [-0.2, 0) is 9.53 Å². The molecule has 6 nitrogen and oxygen atoms in total. The highest BCUT2D eigenvalue weighted by Crippen LogP contribution is 2.33. The Balaban J connectivity index is 0.00000103. The van der Waals surface area contributed by atoms with Gasteiger partial charge in [0.25, 0.3) is 5.97 Å². The van der Waals surface area contributed by atoms with Crippen LogP contribution in [0.5, 0.6) is 0 Å². The lowest BCUT2D eigenvalue weighted by molar-refractivity contribution is -0.134. The molecule has 8 heteroatoms. The number of halogens is 2. The minimum atomic E-state index is -0.833. The summed E-state index contributed by atoms with van der Waals surface area (Å²) < 4.78 is 5.53. The van der Waals surface area contributed by atoms with Gasteiger partial charge in [-0.1, -0.05) is 61.3 Å².